The molecular weight excluding hydrogens is 513 g/mol. The molecule has 192 valence electrons. The molecule has 2 aromatic rings. The lowest BCUT2D eigenvalue weighted by Gasteiger charge is -2.38. The highest BCUT2D eigenvalue weighted by molar-refractivity contribution is 7.92. The molecule has 0 aromatic heterocycles. The van der Waals surface area contributed by atoms with E-state index in [9.17, 15) is 18.3 Å². The van der Waals surface area contributed by atoms with Crippen LogP contribution in [0.15, 0.2) is 36.4 Å². The highest BCUT2D eigenvalue weighted by Crippen LogP contribution is 2.35. The monoisotopic (exact) mass is 543 g/mol. The Morgan fingerprint density at radius 1 is 1.26 bits per heavy atom. The van der Waals surface area contributed by atoms with Gasteiger partial charge in [0.1, 0.15) is 6.10 Å². The normalized spacial score (nSPS) is 19.5. The van der Waals surface area contributed by atoms with Gasteiger partial charge >= 0.3 is 0 Å². The number of anilines is 1. The van der Waals surface area contributed by atoms with E-state index >= 15 is 0 Å². The average molecular weight is 545 g/mol. The number of aliphatic hydroxyl groups is 1. The zero-order valence-corrected chi connectivity index (χ0v) is 22.5. The van der Waals surface area contributed by atoms with Gasteiger partial charge in [0, 0.05) is 25.6 Å². The zero-order chi connectivity index (χ0) is 25.9. The largest absolute Gasteiger partial charge is 0.486 e. The number of aliphatic hydroxyl groups excluding tert-OH is 1. The average Bonchev–Trinajstić information content (AvgIpc) is 2.77. The molecule has 0 fully saturated rings. The minimum Gasteiger partial charge on any atom is -0.486 e. The van der Waals surface area contributed by atoms with E-state index in [-0.39, 0.29) is 41.5 Å². The highest BCUT2D eigenvalue weighted by atomic mass is 35.5. The van der Waals surface area contributed by atoms with Crippen LogP contribution in [0.1, 0.15) is 29.8 Å². The number of likely N-dealkylation sites (N-methyl/N-ethyl adjacent to an activating group) is 1. The smallest absolute Gasteiger partial charge is 0.258 e. The second kappa shape index (κ2) is 11.3. The number of halogens is 2. The fourth-order valence-corrected chi connectivity index (χ4v) is 4.94. The van der Waals surface area contributed by atoms with Crippen LogP contribution in [0.4, 0.5) is 5.69 Å². The molecule has 1 amide bonds. The Balaban J connectivity index is 1.96. The van der Waals surface area contributed by atoms with Crippen molar-refractivity contribution in [2.45, 2.75) is 32.5 Å². The van der Waals surface area contributed by atoms with Crippen LogP contribution in [0.25, 0.3) is 0 Å². The van der Waals surface area contributed by atoms with Crippen molar-refractivity contribution in [2.75, 3.05) is 37.7 Å². The van der Waals surface area contributed by atoms with E-state index in [2.05, 4.69) is 9.62 Å². The minimum absolute atomic E-state index is 0.122. The summed E-state index contributed by atoms with van der Waals surface area (Å²) in [6, 6.07) is 9.82. The molecule has 35 heavy (non-hydrogen) atoms. The number of nitrogens with one attached hydrogen (secondary N) is 1. The van der Waals surface area contributed by atoms with Crippen LogP contribution in [0.3, 0.4) is 0 Å². The van der Waals surface area contributed by atoms with Crippen molar-refractivity contribution in [2.24, 2.45) is 5.92 Å². The third kappa shape index (κ3) is 7.01. The van der Waals surface area contributed by atoms with Gasteiger partial charge in [-0.05, 0) is 43.8 Å². The first-order chi connectivity index (χ1) is 16.4. The lowest BCUT2D eigenvalue weighted by molar-refractivity contribution is 0.0344. The number of nitrogens with zero attached hydrogens (tertiary/aromatic N) is 2. The number of hydrogen-bond acceptors (Lipinski definition) is 6. The van der Waals surface area contributed by atoms with E-state index in [1.54, 1.807) is 36.1 Å². The molecule has 3 rings (SSSR count). The summed E-state index contributed by atoms with van der Waals surface area (Å²) in [5.41, 5.74) is 1.41. The van der Waals surface area contributed by atoms with E-state index in [1.165, 1.54) is 0 Å². The number of carbonyl (C=O) groups excluding carboxylic acids is 1. The molecule has 0 bridgehead atoms. The van der Waals surface area contributed by atoms with E-state index in [1.807, 2.05) is 26.1 Å². The summed E-state index contributed by atoms with van der Waals surface area (Å²) < 4.78 is 32.8. The van der Waals surface area contributed by atoms with Gasteiger partial charge in [0.25, 0.3) is 5.91 Å². The van der Waals surface area contributed by atoms with Gasteiger partial charge < -0.3 is 14.7 Å². The predicted molar refractivity (Wildman–Crippen MR) is 139 cm³/mol. The van der Waals surface area contributed by atoms with Crippen LogP contribution in [-0.2, 0) is 16.6 Å². The Bertz CT molecular complexity index is 1180. The van der Waals surface area contributed by atoms with Gasteiger partial charge in [-0.2, -0.15) is 0 Å². The van der Waals surface area contributed by atoms with E-state index < -0.39 is 16.1 Å². The molecule has 1 aliphatic rings. The quantitative estimate of drug-likeness (QED) is 0.526. The van der Waals surface area contributed by atoms with Gasteiger partial charge in [-0.25, -0.2) is 8.42 Å². The Hall–Kier alpha value is -2.04. The Labute approximate surface area is 216 Å². The van der Waals surface area contributed by atoms with Crippen molar-refractivity contribution in [3.8, 4) is 5.75 Å². The molecule has 3 atom stereocenters. The Morgan fingerprint density at radius 2 is 1.97 bits per heavy atom. The summed E-state index contributed by atoms with van der Waals surface area (Å²) in [6.45, 7) is 4.99. The van der Waals surface area contributed by atoms with Crippen LogP contribution in [-0.4, -0.2) is 74.4 Å². The summed E-state index contributed by atoms with van der Waals surface area (Å²) in [4.78, 5) is 17.1. The third-order valence-corrected chi connectivity index (χ3v) is 7.24. The number of ether oxygens (including phenoxy) is 1. The summed E-state index contributed by atoms with van der Waals surface area (Å²) >= 11 is 12.2. The number of rotatable bonds is 8. The lowest BCUT2D eigenvalue weighted by atomic mass is 9.99. The fourth-order valence-electron chi connectivity index (χ4n) is 4.06. The first-order valence-corrected chi connectivity index (χ1v) is 13.9. The molecule has 2 aromatic carbocycles. The molecule has 0 unspecified atom stereocenters. The fraction of sp³-hybridized carbons (Fsp3) is 0.458. The summed E-state index contributed by atoms with van der Waals surface area (Å²) in [7, 11) is -1.67. The van der Waals surface area contributed by atoms with Crippen molar-refractivity contribution in [3.63, 3.8) is 0 Å². The molecule has 1 aliphatic heterocycles. The number of para-hydroxylation sites is 1. The van der Waals surface area contributed by atoms with Gasteiger partial charge in [0.2, 0.25) is 10.0 Å². The van der Waals surface area contributed by atoms with Crippen LogP contribution in [0.2, 0.25) is 10.0 Å². The molecule has 1 heterocycles. The van der Waals surface area contributed by atoms with Crippen molar-refractivity contribution >= 4 is 44.8 Å². The number of carbonyl (C=O) groups is 1. The molecule has 0 saturated carbocycles. The van der Waals surface area contributed by atoms with Crippen LogP contribution in [0, 0.1) is 5.92 Å². The van der Waals surface area contributed by atoms with Crippen LogP contribution < -0.4 is 9.46 Å². The molecule has 0 spiro atoms. The van der Waals surface area contributed by atoms with E-state index in [0.717, 1.165) is 11.8 Å². The molecule has 11 heteroatoms. The summed E-state index contributed by atoms with van der Waals surface area (Å²) in [5, 5.41) is 10.7. The Morgan fingerprint density at radius 3 is 2.60 bits per heavy atom. The summed E-state index contributed by atoms with van der Waals surface area (Å²) in [6.07, 6.45) is 0.660. The highest BCUT2D eigenvalue weighted by Gasteiger charge is 2.34. The number of amides is 1. The van der Waals surface area contributed by atoms with Crippen molar-refractivity contribution in [1.82, 2.24) is 9.80 Å². The second-order valence-electron chi connectivity index (χ2n) is 9.12. The summed E-state index contributed by atoms with van der Waals surface area (Å²) in [5.74, 6) is -0.269. The van der Waals surface area contributed by atoms with Crippen LogP contribution >= 0.6 is 23.2 Å². The number of hydrogen-bond donors (Lipinski definition) is 2. The topological polar surface area (TPSA) is 99.2 Å². The van der Waals surface area contributed by atoms with Gasteiger partial charge in [-0.15, -0.1) is 0 Å². The first kappa shape index (κ1) is 27.5. The number of fused-ring (bicyclic) bond motifs is 1. The van der Waals surface area contributed by atoms with Gasteiger partial charge in [0.05, 0.1) is 40.2 Å². The maximum absolute atomic E-state index is 13.4. The van der Waals surface area contributed by atoms with Gasteiger partial charge in [-0.3, -0.25) is 14.4 Å². The number of benzene rings is 2. The SMILES string of the molecule is C[C@H]1CN([C@@H](C)CO)C(=O)c2cccc(NS(C)(=O)=O)c2O[C@@H]1CN(C)Cc1ccc(Cl)c(Cl)c1. The van der Waals surface area contributed by atoms with Crippen molar-refractivity contribution in [1.29, 1.82) is 0 Å². The molecule has 2 N–H and O–H groups in total. The van der Waals surface area contributed by atoms with Crippen LogP contribution in [0.5, 0.6) is 5.75 Å². The first-order valence-electron chi connectivity index (χ1n) is 11.2. The van der Waals surface area contributed by atoms with Crippen molar-refractivity contribution in [3.05, 3.63) is 57.6 Å². The zero-order valence-electron chi connectivity index (χ0n) is 20.2. The third-order valence-electron chi connectivity index (χ3n) is 5.91. The van der Waals surface area contributed by atoms with Crippen molar-refractivity contribution < 1.29 is 23.1 Å². The maximum atomic E-state index is 13.4. The molecule has 0 radical (unpaired) electrons. The molecular formula is C24H31Cl2N3O5S. The van der Waals surface area contributed by atoms with Gasteiger partial charge in [-0.1, -0.05) is 42.3 Å². The Kier molecular flexibility index (Phi) is 8.93. The number of sulfonamides is 1. The predicted octanol–water partition coefficient (Wildman–Crippen LogP) is 3.72. The minimum atomic E-state index is -3.61. The van der Waals surface area contributed by atoms with E-state index in [4.69, 9.17) is 27.9 Å². The maximum Gasteiger partial charge on any atom is 0.258 e. The molecule has 0 saturated heterocycles. The second-order valence-corrected chi connectivity index (χ2v) is 11.7. The molecule has 8 nitrogen and oxygen atoms in total. The molecule has 0 aliphatic carbocycles. The van der Waals surface area contributed by atoms with E-state index in [0.29, 0.717) is 29.7 Å². The lowest BCUT2D eigenvalue weighted by Crippen LogP contribution is -2.49. The van der Waals surface area contributed by atoms with Gasteiger partial charge in [0.15, 0.2) is 5.75 Å². The standard InChI is InChI=1S/C24H31Cl2N3O5S/c1-15-11-29(16(2)14-30)24(31)18-6-5-7-21(27-35(4,32)33)23(18)34-22(15)13-28(3)12-17-8-9-19(25)20(26)10-17/h5-10,15-16,22,27,30H,11-14H2,1-4H3/t15-,16-,22+/m0/s1.